The maximum atomic E-state index is 12.6. The molecule has 0 aliphatic heterocycles. The monoisotopic (exact) mass is 501 g/mol. The Morgan fingerprint density at radius 2 is 1.84 bits per heavy atom. The van der Waals surface area contributed by atoms with E-state index >= 15 is 0 Å². The summed E-state index contributed by atoms with van der Waals surface area (Å²) in [5, 5.41) is 0. The van der Waals surface area contributed by atoms with Crippen molar-refractivity contribution in [2.24, 2.45) is 0 Å². The molecule has 0 N–H and O–H groups in total. The Balaban J connectivity index is 3.10. The van der Waals surface area contributed by atoms with Crippen LogP contribution >= 0.6 is 46.6 Å². The lowest BCUT2D eigenvalue weighted by Gasteiger charge is -2.10. The number of allylic oxidation sites excluding steroid dienone is 1. The van der Waals surface area contributed by atoms with Crippen LogP contribution in [0.5, 0.6) is 0 Å². The van der Waals surface area contributed by atoms with Crippen molar-refractivity contribution < 1.29 is 9.59 Å². The van der Waals surface area contributed by atoms with E-state index in [1.54, 1.807) is 0 Å². The fourth-order valence-corrected chi connectivity index (χ4v) is 5.51. The highest BCUT2D eigenvalue weighted by Gasteiger charge is 2.51. The van der Waals surface area contributed by atoms with Crippen LogP contribution in [0.25, 0.3) is 0 Å². The van der Waals surface area contributed by atoms with E-state index in [-0.39, 0.29) is 17.5 Å². The van der Waals surface area contributed by atoms with Gasteiger partial charge in [-0.15, -0.1) is 0 Å². The molecule has 0 aliphatic carbocycles. The SMILES string of the molecule is C=C(C)CC(=O)[P+](I)(I)C(=O)c1ccc(C)cc1C. The molecule has 0 unspecified atom stereocenters. The molecule has 5 heteroatoms. The summed E-state index contributed by atoms with van der Waals surface area (Å²) >= 11 is 4.10. The fourth-order valence-electron chi connectivity index (χ4n) is 1.68. The third kappa shape index (κ3) is 4.33. The number of carbonyl (C=O) groups excluding carboxylic acids is 2. The smallest absolute Gasteiger partial charge is 0.251 e. The summed E-state index contributed by atoms with van der Waals surface area (Å²) in [6.45, 7) is 9.46. The molecule has 0 atom stereocenters. The van der Waals surface area contributed by atoms with Crippen LogP contribution in [0.4, 0.5) is 0 Å². The van der Waals surface area contributed by atoms with Gasteiger partial charge < -0.3 is 0 Å². The van der Waals surface area contributed by atoms with Gasteiger partial charge in [-0.2, -0.15) is 0 Å². The lowest BCUT2D eigenvalue weighted by molar-refractivity contribution is -0.110. The second-order valence-corrected chi connectivity index (χ2v) is 20.8. The molecule has 0 spiro atoms. The van der Waals surface area contributed by atoms with Crippen molar-refractivity contribution in [2.45, 2.75) is 27.2 Å². The van der Waals surface area contributed by atoms with Crippen LogP contribution in [-0.4, -0.2) is 11.0 Å². The van der Waals surface area contributed by atoms with Crippen molar-refractivity contribution in [1.29, 1.82) is 0 Å². The largest absolute Gasteiger partial charge is 0.324 e. The Hall–Kier alpha value is 0.190. The Bertz CT molecular complexity index is 550. The van der Waals surface area contributed by atoms with Crippen molar-refractivity contribution in [3.05, 3.63) is 47.0 Å². The lowest BCUT2D eigenvalue weighted by Crippen LogP contribution is -2.09. The van der Waals surface area contributed by atoms with Gasteiger partial charge in [0.1, 0.15) is 0 Å². The van der Waals surface area contributed by atoms with Crippen molar-refractivity contribution in [2.75, 3.05) is 0 Å². The first-order valence-electron chi connectivity index (χ1n) is 5.74. The maximum Gasteiger partial charge on any atom is 0.324 e. The van der Waals surface area contributed by atoms with E-state index in [0.29, 0.717) is 5.56 Å². The molecule has 1 aromatic rings. The van der Waals surface area contributed by atoms with E-state index < -0.39 is 2.55 Å². The summed E-state index contributed by atoms with van der Waals surface area (Å²) < 4.78 is -2.34. The molecule has 1 aromatic carbocycles. The minimum atomic E-state index is -2.34. The summed E-state index contributed by atoms with van der Waals surface area (Å²) in [6, 6.07) is 5.72. The molecule has 0 amide bonds. The van der Waals surface area contributed by atoms with Crippen molar-refractivity contribution in [3.63, 3.8) is 0 Å². The highest BCUT2D eigenvalue weighted by Crippen LogP contribution is 2.77. The van der Waals surface area contributed by atoms with Crippen molar-refractivity contribution >= 4 is 57.7 Å². The average molecular weight is 501 g/mol. The minimum absolute atomic E-state index is 0.00572. The molecule has 0 bridgehead atoms. The van der Waals surface area contributed by atoms with Gasteiger partial charge in [-0.05, 0) is 32.4 Å². The number of rotatable bonds is 5. The van der Waals surface area contributed by atoms with Gasteiger partial charge in [0.25, 0.3) is 8.07 Å². The normalized spacial score (nSPS) is 11.2. The van der Waals surface area contributed by atoms with Crippen LogP contribution in [-0.2, 0) is 4.79 Å². The summed E-state index contributed by atoms with van der Waals surface area (Å²) in [5.74, 6) is 0. The van der Waals surface area contributed by atoms with E-state index in [1.165, 1.54) is 0 Å². The van der Waals surface area contributed by atoms with E-state index in [0.717, 1.165) is 16.7 Å². The van der Waals surface area contributed by atoms with Crippen LogP contribution in [0.2, 0.25) is 0 Å². The Morgan fingerprint density at radius 1 is 1.26 bits per heavy atom. The molecule has 0 radical (unpaired) electrons. The van der Waals surface area contributed by atoms with E-state index in [2.05, 4.69) is 6.58 Å². The topological polar surface area (TPSA) is 34.1 Å². The molecule has 0 saturated heterocycles. The van der Waals surface area contributed by atoms with Gasteiger partial charge >= 0.3 is 5.52 Å². The van der Waals surface area contributed by atoms with Gasteiger partial charge in [-0.3, -0.25) is 4.79 Å². The number of carbonyl (C=O) groups is 2. The second kappa shape index (κ2) is 6.76. The van der Waals surface area contributed by atoms with Crippen LogP contribution in [0.3, 0.4) is 0 Å². The summed E-state index contributed by atoms with van der Waals surface area (Å²) in [5.41, 5.74) is 3.50. The van der Waals surface area contributed by atoms with Crippen LogP contribution in [0.1, 0.15) is 34.8 Å². The zero-order valence-corrected chi connectivity index (χ0v) is 16.4. The number of hydrogen-bond donors (Lipinski definition) is 0. The summed E-state index contributed by atoms with van der Waals surface area (Å²) in [4.78, 5) is 24.8. The molecular weight excluding hydrogens is 485 g/mol. The van der Waals surface area contributed by atoms with Gasteiger partial charge in [0, 0.05) is 0 Å². The zero-order valence-electron chi connectivity index (χ0n) is 11.2. The lowest BCUT2D eigenvalue weighted by atomic mass is 10.1. The highest BCUT2D eigenvalue weighted by molar-refractivity contribution is 14.3. The molecule has 1 rings (SSSR count). The van der Waals surface area contributed by atoms with Crippen LogP contribution in [0, 0.1) is 13.8 Å². The molecule has 0 fully saturated rings. The highest BCUT2D eigenvalue weighted by atomic mass is 127. The fraction of sp³-hybridized carbons (Fsp3) is 0.286. The molecule has 102 valence electrons. The maximum absolute atomic E-state index is 12.6. The molecule has 0 saturated carbocycles. The van der Waals surface area contributed by atoms with E-state index in [4.69, 9.17) is 0 Å². The molecule has 19 heavy (non-hydrogen) atoms. The zero-order chi connectivity index (χ0) is 14.8. The molecular formula is C14H16I2O2P+. The standard InChI is InChI=1S/C14H16I2O2P/c1-9(2)7-13(17)19(15,16)14(18)12-6-5-10(3)8-11(12)4/h5-6,8H,1,7H2,2-4H3/q+1. The van der Waals surface area contributed by atoms with Gasteiger partial charge in [0.05, 0.1) is 12.0 Å². The molecule has 0 aliphatic rings. The Labute approximate surface area is 140 Å². The second-order valence-electron chi connectivity index (χ2n) is 4.66. The van der Waals surface area contributed by atoms with Gasteiger partial charge in [-0.25, -0.2) is 4.79 Å². The molecule has 2 nitrogen and oxygen atoms in total. The average Bonchev–Trinajstić information content (AvgIpc) is 2.27. The first-order chi connectivity index (χ1) is 8.66. The molecule has 0 aromatic heterocycles. The Kier molecular flexibility index (Phi) is 6.14. The number of halogens is 2. The number of aryl methyl sites for hydroxylation is 2. The quantitative estimate of drug-likeness (QED) is 0.297. The predicted octanol–water partition coefficient (Wildman–Crippen LogP) is 5.65. The van der Waals surface area contributed by atoms with Crippen LogP contribution in [0.15, 0.2) is 30.4 Å². The minimum Gasteiger partial charge on any atom is -0.251 e. The van der Waals surface area contributed by atoms with Crippen LogP contribution < -0.4 is 0 Å². The van der Waals surface area contributed by atoms with E-state index in [1.807, 2.05) is 83.1 Å². The van der Waals surface area contributed by atoms with Gasteiger partial charge in [0.15, 0.2) is 44.1 Å². The van der Waals surface area contributed by atoms with Crippen molar-refractivity contribution in [3.8, 4) is 0 Å². The van der Waals surface area contributed by atoms with Gasteiger partial charge in [-0.1, -0.05) is 29.8 Å². The number of benzene rings is 1. The first kappa shape index (κ1) is 17.2. The molecule has 0 heterocycles. The van der Waals surface area contributed by atoms with Gasteiger partial charge in [0.2, 0.25) is 0 Å². The third-order valence-electron chi connectivity index (χ3n) is 2.63. The Morgan fingerprint density at radius 3 is 2.32 bits per heavy atom. The third-order valence-corrected chi connectivity index (χ3v) is 10.0. The van der Waals surface area contributed by atoms with E-state index in [9.17, 15) is 9.59 Å². The summed E-state index contributed by atoms with van der Waals surface area (Å²) in [7, 11) is 0. The first-order valence-corrected chi connectivity index (χ1v) is 13.1. The number of hydrogen-bond acceptors (Lipinski definition) is 2. The summed E-state index contributed by atoms with van der Waals surface area (Å²) in [6.07, 6.45) is 0.288. The predicted molar refractivity (Wildman–Crippen MR) is 99.6 cm³/mol. The van der Waals surface area contributed by atoms with Crippen molar-refractivity contribution in [1.82, 2.24) is 0 Å².